The number of hydrogen-bond donors (Lipinski definition) is 1. The van der Waals surface area contributed by atoms with E-state index in [0.29, 0.717) is 12.1 Å². The van der Waals surface area contributed by atoms with Gasteiger partial charge in [-0.1, -0.05) is 18.2 Å². The second kappa shape index (κ2) is 7.00. The van der Waals surface area contributed by atoms with Crippen LogP contribution in [0, 0.1) is 0 Å². The number of likely N-dealkylation sites (N-methyl/N-ethyl adjacent to an activating group) is 1. The van der Waals surface area contributed by atoms with E-state index in [4.69, 9.17) is 0 Å². The summed E-state index contributed by atoms with van der Waals surface area (Å²) in [7, 11) is 2.03. The Morgan fingerprint density at radius 1 is 1.12 bits per heavy atom. The van der Waals surface area contributed by atoms with Crippen molar-refractivity contribution < 1.29 is 14.4 Å². The highest BCUT2D eigenvalue weighted by molar-refractivity contribution is 6.21. The van der Waals surface area contributed by atoms with Crippen LogP contribution in [0.3, 0.4) is 0 Å². The van der Waals surface area contributed by atoms with Gasteiger partial charge in [-0.25, -0.2) is 9.69 Å². The summed E-state index contributed by atoms with van der Waals surface area (Å²) in [5.74, 6) is -0.249. The standard InChI is InChI=1S/C17H22N4O3/c1-19-9-11-20(12-10-19)15(22)8-7-14-16(23)21(17(24)18-14)13-5-3-2-4-6-13/h2-6,14H,7-12H2,1H3,(H,18,24)/t14-/m1/s1. The van der Waals surface area contributed by atoms with Crippen LogP contribution in [-0.2, 0) is 9.59 Å². The molecule has 1 N–H and O–H groups in total. The summed E-state index contributed by atoms with van der Waals surface area (Å²) in [5.41, 5.74) is 0.549. The molecule has 0 spiro atoms. The SMILES string of the molecule is CN1CCN(C(=O)CC[C@H]2NC(=O)N(c3ccccc3)C2=O)CC1. The topological polar surface area (TPSA) is 73.0 Å². The fourth-order valence-corrected chi connectivity index (χ4v) is 3.03. The lowest BCUT2D eigenvalue weighted by Crippen LogP contribution is -2.47. The molecule has 0 aliphatic carbocycles. The van der Waals surface area contributed by atoms with Crippen molar-refractivity contribution in [2.45, 2.75) is 18.9 Å². The van der Waals surface area contributed by atoms with E-state index in [9.17, 15) is 14.4 Å². The predicted octanol–water partition coefficient (Wildman–Crippen LogP) is 0.666. The van der Waals surface area contributed by atoms with Crippen LogP contribution in [0.2, 0.25) is 0 Å². The summed E-state index contributed by atoms with van der Waals surface area (Å²) in [6.07, 6.45) is 0.599. The smallest absolute Gasteiger partial charge is 0.329 e. The van der Waals surface area contributed by atoms with Gasteiger partial charge in [0, 0.05) is 32.6 Å². The lowest BCUT2D eigenvalue weighted by Gasteiger charge is -2.32. The Morgan fingerprint density at radius 2 is 1.79 bits per heavy atom. The largest absolute Gasteiger partial charge is 0.340 e. The van der Waals surface area contributed by atoms with Crippen LogP contribution in [0.25, 0.3) is 0 Å². The third-order valence-electron chi connectivity index (χ3n) is 4.54. The summed E-state index contributed by atoms with van der Waals surface area (Å²) in [6, 6.07) is 7.76. The molecule has 0 bridgehead atoms. The number of urea groups is 1. The van der Waals surface area contributed by atoms with Crippen molar-refractivity contribution in [3.8, 4) is 0 Å². The first-order valence-corrected chi connectivity index (χ1v) is 8.22. The van der Waals surface area contributed by atoms with E-state index in [1.807, 2.05) is 18.0 Å². The Balaban J connectivity index is 1.56. The van der Waals surface area contributed by atoms with Gasteiger partial charge in [0.05, 0.1) is 5.69 Å². The molecule has 2 heterocycles. The summed E-state index contributed by atoms with van der Waals surface area (Å²) in [5, 5.41) is 2.68. The molecule has 1 aromatic rings. The van der Waals surface area contributed by atoms with Crippen LogP contribution >= 0.6 is 0 Å². The average molecular weight is 330 g/mol. The normalized spacial score (nSPS) is 22.0. The van der Waals surface area contributed by atoms with Crippen LogP contribution in [-0.4, -0.2) is 66.9 Å². The van der Waals surface area contributed by atoms with Gasteiger partial charge in [-0.15, -0.1) is 0 Å². The van der Waals surface area contributed by atoms with E-state index in [0.717, 1.165) is 31.1 Å². The van der Waals surface area contributed by atoms with Gasteiger partial charge < -0.3 is 15.1 Å². The molecule has 1 aromatic carbocycles. The van der Waals surface area contributed by atoms with Gasteiger partial charge in [-0.2, -0.15) is 0 Å². The predicted molar refractivity (Wildman–Crippen MR) is 89.6 cm³/mol. The van der Waals surface area contributed by atoms with Gasteiger partial charge in [0.25, 0.3) is 5.91 Å². The molecule has 3 rings (SSSR count). The van der Waals surface area contributed by atoms with Crippen LogP contribution < -0.4 is 10.2 Å². The molecular weight excluding hydrogens is 308 g/mol. The van der Waals surface area contributed by atoms with Crippen molar-refractivity contribution in [3.63, 3.8) is 0 Å². The minimum absolute atomic E-state index is 0.0447. The van der Waals surface area contributed by atoms with E-state index >= 15 is 0 Å². The first kappa shape index (κ1) is 16.4. The number of imide groups is 1. The first-order chi connectivity index (χ1) is 11.6. The molecule has 0 aromatic heterocycles. The van der Waals surface area contributed by atoms with Crippen molar-refractivity contribution in [3.05, 3.63) is 30.3 Å². The highest BCUT2D eigenvalue weighted by atomic mass is 16.2. The van der Waals surface area contributed by atoms with Gasteiger partial charge in [0.2, 0.25) is 5.91 Å². The zero-order chi connectivity index (χ0) is 17.1. The van der Waals surface area contributed by atoms with E-state index in [1.54, 1.807) is 24.3 Å². The highest BCUT2D eigenvalue weighted by Gasteiger charge is 2.39. The van der Waals surface area contributed by atoms with Crippen molar-refractivity contribution in [1.82, 2.24) is 15.1 Å². The Morgan fingerprint density at radius 3 is 2.46 bits per heavy atom. The zero-order valence-electron chi connectivity index (χ0n) is 13.8. The average Bonchev–Trinajstić information content (AvgIpc) is 2.88. The fraction of sp³-hybridized carbons (Fsp3) is 0.471. The minimum atomic E-state index is -0.630. The molecule has 2 saturated heterocycles. The fourth-order valence-electron chi connectivity index (χ4n) is 3.03. The number of carbonyl (C=O) groups excluding carboxylic acids is 3. The molecule has 2 aliphatic heterocycles. The van der Waals surface area contributed by atoms with Crippen LogP contribution in [0.1, 0.15) is 12.8 Å². The first-order valence-electron chi connectivity index (χ1n) is 8.22. The number of amides is 4. The van der Waals surface area contributed by atoms with Crippen molar-refractivity contribution in [1.29, 1.82) is 0 Å². The quantitative estimate of drug-likeness (QED) is 0.824. The maximum absolute atomic E-state index is 12.5. The molecule has 1 atom stereocenters. The van der Waals surface area contributed by atoms with Gasteiger partial charge in [-0.05, 0) is 25.6 Å². The van der Waals surface area contributed by atoms with Crippen molar-refractivity contribution >= 4 is 23.5 Å². The van der Waals surface area contributed by atoms with Gasteiger partial charge in [-0.3, -0.25) is 9.59 Å². The number of para-hydroxylation sites is 1. The maximum Gasteiger partial charge on any atom is 0.329 e. The summed E-state index contributed by atoms with van der Waals surface area (Å²) < 4.78 is 0. The number of nitrogens with one attached hydrogen (secondary N) is 1. The van der Waals surface area contributed by atoms with Crippen molar-refractivity contribution in [2.24, 2.45) is 0 Å². The second-order valence-electron chi connectivity index (χ2n) is 6.23. The summed E-state index contributed by atoms with van der Waals surface area (Å²) >= 11 is 0. The molecule has 4 amide bonds. The van der Waals surface area contributed by atoms with E-state index in [-0.39, 0.29) is 18.2 Å². The molecule has 0 radical (unpaired) electrons. The molecular formula is C17H22N4O3. The number of piperazine rings is 1. The zero-order valence-corrected chi connectivity index (χ0v) is 13.8. The number of anilines is 1. The number of rotatable bonds is 4. The van der Waals surface area contributed by atoms with Gasteiger partial charge >= 0.3 is 6.03 Å². The molecule has 0 saturated carbocycles. The summed E-state index contributed by atoms with van der Waals surface area (Å²) in [6.45, 7) is 3.17. The minimum Gasteiger partial charge on any atom is -0.340 e. The molecule has 2 aliphatic rings. The van der Waals surface area contributed by atoms with Crippen molar-refractivity contribution in [2.75, 3.05) is 38.1 Å². The van der Waals surface area contributed by atoms with Gasteiger partial charge in [0.1, 0.15) is 6.04 Å². The van der Waals surface area contributed by atoms with Crippen LogP contribution in [0.5, 0.6) is 0 Å². The molecule has 24 heavy (non-hydrogen) atoms. The third kappa shape index (κ3) is 3.41. The highest BCUT2D eigenvalue weighted by Crippen LogP contribution is 2.21. The summed E-state index contributed by atoms with van der Waals surface area (Å²) in [4.78, 5) is 42.0. The van der Waals surface area contributed by atoms with E-state index < -0.39 is 12.1 Å². The number of hydrogen-bond acceptors (Lipinski definition) is 4. The Bertz CT molecular complexity index is 626. The van der Waals surface area contributed by atoms with Crippen LogP contribution in [0.4, 0.5) is 10.5 Å². The van der Waals surface area contributed by atoms with E-state index in [2.05, 4.69) is 10.2 Å². The number of benzene rings is 1. The van der Waals surface area contributed by atoms with Crippen LogP contribution in [0.15, 0.2) is 30.3 Å². The molecule has 0 unspecified atom stereocenters. The Labute approximate surface area is 141 Å². The maximum atomic E-state index is 12.5. The third-order valence-corrected chi connectivity index (χ3v) is 4.54. The number of carbonyl (C=O) groups is 3. The second-order valence-corrected chi connectivity index (χ2v) is 6.23. The Kier molecular flexibility index (Phi) is 4.80. The molecule has 2 fully saturated rings. The molecule has 128 valence electrons. The molecule has 7 heteroatoms. The number of nitrogens with zero attached hydrogens (tertiary/aromatic N) is 3. The lowest BCUT2D eigenvalue weighted by atomic mass is 10.1. The lowest BCUT2D eigenvalue weighted by molar-refractivity contribution is -0.133. The van der Waals surface area contributed by atoms with E-state index in [1.165, 1.54) is 0 Å². The monoisotopic (exact) mass is 330 g/mol. The molecule has 7 nitrogen and oxygen atoms in total. The van der Waals surface area contributed by atoms with Gasteiger partial charge in [0.15, 0.2) is 0 Å². The Hall–Kier alpha value is -2.41.